The number of carbonyl (C=O) groups excluding carboxylic acids is 1. The maximum atomic E-state index is 12.0. The van der Waals surface area contributed by atoms with Crippen molar-refractivity contribution in [3.8, 4) is 0 Å². The minimum Gasteiger partial charge on any atom is -0.357 e. The Morgan fingerprint density at radius 2 is 2.15 bits per heavy atom. The molecule has 1 aliphatic rings. The van der Waals surface area contributed by atoms with E-state index in [1.54, 1.807) is 6.92 Å². The summed E-state index contributed by atoms with van der Waals surface area (Å²) in [4.78, 5) is 22.7. The zero-order valence-corrected chi connectivity index (χ0v) is 18.1. The zero-order valence-electron chi connectivity index (χ0n) is 15.8. The summed E-state index contributed by atoms with van der Waals surface area (Å²) in [5.41, 5.74) is 0. The molecular weight excluding hydrogens is 447 g/mol. The largest absolute Gasteiger partial charge is 0.357 e. The predicted molar refractivity (Wildman–Crippen MR) is 112 cm³/mol. The first kappa shape index (κ1) is 22.7. The molecular formula is C17H31IN6O2. The fourth-order valence-electron chi connectivity index (χ4n) is 2.80. The smallest absolute Gasteiger partial charge is 0.228 e. The van der Waals surface area contributed by atoms with E-state index in [2.05, 4.69) is 25.8 Å². The number of aryl methyl sites for hydroxylation is 1. The molecule has 2 N–H and O–H groups in total. The highest BCUT2D eigenvalue weighted by Gasteiger charge is 2.15. The number of likely N-dealkylation sites (tertiary alicyclic amines) is 1. The number of amides is 1. The maximum Gasteiger partial charge on any atom is 0.228 e. The third-order valence-electron chi connectivity index (χ3n) is 4.07. The molecule has 1 aromatic heterocycles. The minimum atomic E-state index is 0. The van der Waals surface area contributed by atoms with Crippen molar-refractivity contribution in [1.29, 1.82) is 0 Å². The van der Waals surface area contributed by atoms with E-state index in [9.17, 15) is 4.79 Å². The molecule has 1 aliphatic heterocycles. The van der Waals surface area contributed by atoms with Crippen LogP contribution in [0.2, 0.25) is 0 Å². The number of nitrogens with zero attached hydrogens (tertiary/aromatic N) is 4. The van der Waals surface area contributed by atoms with E-state index in [0.717, 1.165) is 51.3 Å². The highest BCUT2D eigenvalue weighted by atomic mass is 127. The van der Waals surface area contributed by atoms with Crippen molar-refractivity contribution in [3.05, 3.63) is 11.7 Å². The van der Waals surface area contributed by atoms with Crippen LogP contribution < -0.4 is 10.6 Å². The molecule has 0 spiro atoms. The summed E-state index contributed by atoms with van der Waals surface area (Å²) >= 11 is 0. The molecule has 0 bridgehead atoms. The summed E-state index contributed by atoms with van der Waals surface area (Å²) in [5, 5.41) is 10.3. The van der Waals surface area contributed by atoms with Crippen LogP contribution in [0.1, 0.15) is 50.7 Å². The van der Waals surface area contributed by atoms with Gasteiger partial charge in [-0.05, 0) is 33.1 Å². The van der Waals surface area contributed by atoms with Crippen molar-refractivity contribution in [1.82, 2.24) is 25.7 Å². The SMILES string of the molecule is CCNC(=NCCCN1CCCCCC1=O)NCCc1nc(C)no1.I. The van der Waals surface area contributed by atoms with Gasteiger partial charge in [0.1, 0.15) is 0 Å². The molecule has 1 saturated heterocycles. The van der Waals surface area contributed by atoms with Crippen LogP contribution in [0.4, 0.5) is 0 Å². The van der Waals surface area contributed by atoms with Crippen LogP contribution in [0.25, 0.3) is 0 Å². The topological polar surface area (TPSA) is 95.7 Å². The molecule has 9 heteroatoms. The Labute approximate surface area is 172 Å². The lowest BCUT2D eigenvalue weighted by atomic mass is 10.2. The standard InChI is InChI=1S/C17H30N6O2.HI/c1-3-18-17(20-11-9-15-21-14(2)22-25-15)19-10-7-13-23-12-6-4-5-8-16(23)24;/h3-13H2,1-2H3,(H2,18,19,20);1H. The molecule has 26 heavy (non-hydrogen) atoms. The fourth-order valence-corrected chi connectivity index (χ4v) is 2.80. The molecule has 0 aliphatic carbocycles. The van der Waals surface area contributed by atoms with E-state index in [-0.39, 0.29) is 24.0 Å². The molecule has 0 saturated carbocycles. The third kappa shape index (κ3) is 8.33. The van der Waals surface area contributed by atoms with Crippen molar-refractivity contribution in [2.75, 3.05) is 32.7 Å². The third-order valence-corrected chi connectivity index (χ3v) is 4.07. The minimum absolute atomic E-state index is 0. The van der Waals surface area contributed by atoms with Crippen molar-refractivity contribution < 1.29 is 9.32 Å². The van der Waals surface area contributed by atoms with E-state index in [1.807, 2.05) is 11.8 Å². The number of rotatable bonds is 8. The number of hydrogen-bond donors (Lipinski definition) is 2. The first-order valence-corrected chi connectivity index (χ1v) is 9.28. The van der Waals surface area contributed by atoms with Gasteiger partial charge in [-0.25, -0.2) is 0 Å². The van der Waals surface area contributed by atoms with Crippen LogP contribution in [0.3, 0.4) is 0 Å². The maximum absolute atomic E-state index is 12.0. The lowest BCUT2D eigenvalue weighted by Gasteiger charge is -2.20. The van der Waals surface area contributed by atoms with Gasteiger partial charge in [0.05, 0.1) is 0 Å². The number of hydrogen-bond acceptors (Lipinski definition) is 5. The van der Waals surface area contributed by atoms with E-state index in [4.69, 9.17) is 4.52 Å². The number of carbonyl (C=O) groups is 1. The monoisotopic (exact) mass is 478 g/mol. The van der Waals surface area contributed by atoms with Crippen LogP contribution in [0.5, 0.6) is 0 Å². The van der Waals surface area contributed by atoms with Crippen molar-refractivity contribution >= 4 is 35.8 Å². The van der Waals surface area contributed by atoms with Gasteiger partial charge in [-0.2, -0.15) is 4.98 Å². The van der Waals surface area contributed by atoms with Gasteiger partial charge >= 0.3 is 0 Å². The van der Waals surface area contributed by atoms with Crippen LogP contribution >= 0.6 is 24.0 Å². The van der Waals surface area contributed by atoms with Crippen LogP contribution in [-0.4, -0.2) is 59.6 Å². The molecule has 2 rings (SSSR count). The van der Waals surface area contributed by atoms with Gasteiger partial charge in [0.15, 0.2) is 11.8 Å². The van der Waals surface area contributed by atoms with Gasteiger partial charge in [0, 0.05) is 45.6 Å². The number of guanidine groups is 1. The lowest BCUT2D eigenvalue weighted by molar-refractivity contribution is -0.130. The Balaban J connectivity index is 0.00000338. The van der Waals surface area contributed by atoms with Gasteiger partial charge in [-0.15, -0.1) is 24.0 Å². The second kappa shape index (κ2) is 12.9. The molecule has 0 aromatic carbocycles. The Morgan fingerprint density at radius 1 is 1.31 bits per heavy atom. The van der Waals surface area contributed by atoms with Gasteiger partial charge in [-0.1, -0.05) is 11.6 Å². The molecule has 0 radical (unpaired) electrons. The van der Waals surface area contributed by atoms with Gasteiger partial charge in [0.2, 0.25) is 11.8 Å². The highest BCUT2D eigenvalue weighted by Crippen LogP contribution is 2.11. The van der Waals surface area contributed by atoms with E-state index in [0.29, 0.717) is 43.6 Å². The van der Waals surface area contributed by atoms with E-state index >= 15 is 0 Å². The predicted octanol–water partition coefficient (Wildman–Crippen LogP) is 1.89. The first-order valence-electron chi connectivity index (χ1n) is 9.28. The Bertz CT molecular complexity index is 563. The number of halogens is 1. The van der Waals surface area contributed by atoms with Gasteiger partial charge < -0.3 is 20.1 Å². The Morgan fingerprint density at radius 3 is 2.88 bits per heavy atom. The average Bonchev–Trinajstić information content (AvgIpc) is 2.90. The Kier molecular flexibility index (Phi) is 11.2. The van der Waals surface area contributed by atoms with Gasteiger partial charge in [0.25, 0.3) is 0 Å². The average molecular weight is 478 g/mol. The number of aromatic nitrogens is 2. The summed E-state index contributed by atoms with van der Waals surface area (Å²) < 4.78 is 5.09. The van der Waals surface area contributed by atoms with Crippen molar-refractivity contribution in [2.45, 2.75) is 52.4 Å². The summed E-state index contributed by atoms with van der Waals surface area (Å²) in [6.07, 6.45) is 5.55. The molecule has 148 valence electrons. The normalized spacial score (nSPS) is 15.4. The summed E-state index contributed by atoms with van der Waals surface area (Å²) in [5.74, 6) is 2.35. The molecule has 8 nitrogen and oxygen atoms in total. The quantitative estimate of drug-likeness (QED) is 0.257. The molecule has 1 aromatic rings. The fraction of sp³-hybridized carbons (Fsp3) is 0.765. The number of nitrogens with one attached hydrogen (secondary N) is 2. The second-order valence-corrected chi connectivity index (χ2v) is 6.22. The van der Waals surface area contributed by atoms with Crippen LogP contribution in [0, 0.1) is 6.92 Å². The van der Waals surface area contributed by atoms with E-state index < -0.39 is 0 Å². The van der Waals surface area contributed by atoms with Crippen molar-refractivity contribution in [3.63, 3.8) is 0 Å². The highest BCUT2D eigenvalue weighted by molar-refractivity contribution is 14.0. The molecule has 1 amide bonds. The molecule has 2 heterocycles. The van der Waals surface area contributed by atoms with Gasteiger partial charge in [-0.3, -0.25) is 9.79 Å². The molecule has 0 unspecified atom stereocenters. The summed E-state index contributed by atoms with van der Waals surface area (Å²) in [6, 6.07) is 0. The zero-order chi connectivity index (χ0) is 17.9. The lowest BCUT2D eigenvalue weighted by Crippen LogP contribution is -2.38. The molecule has 0 atom stereocenters. The summed E-state index contributed by atoms with van der Waals surface area (Å²) in [7, 11) is 0. The van der Waals surface area contributed by atoms with E-state index in [1.165, 1.54) is 0 Å². The Hall–Kier alpha value is -1.39. The van der Waals surface area contributed by atoms with Crippen LogP contribution in [-0.2, 0) is 11.2 Å². The van der Waals surface area contributed by atoms with Crippen LogP contribution in [0.15, 0.2) is 9.52 Å². The molecule has 1 fully saturated rings. The summed E-state index contributed by atoms with van der Waals surface area (Å²) in [6.45, 7) is 7.70. The van der Waals surface area contributed by atoms with Crippen molar-refractivity contribution in [2.24, 2.45) is 4.99 Å². The number of aliphatic imine (C=N–C) groups is 1. The first-order chi connectivity index (χ1) is 12.2. The second-order valence-electron chi connectivity index (χ2n) is 6.22.